The van der Waals surface area contributed by atoms with Crippen LogP contribution in [0.2, 0.25) is 0 Å². The summed E-state index contributed by atoms with van der Waals surface area (Å²) >= 11 is 0. The van der Waals surface area contributed by atoms with Crippen LogP contribution in [-0.4, -0.2) is 27.1 Å². The fraction of sp³-hybridized carbons (Fsp3) is 0.438. The Bertz CT molecular complexity index is 697. The van der Waals surface area contributed by atoms with Gasteiger partial charge in [0.05, 0.1) is 11.1 Å². The van der Waals surface area contributed by atoms with E-state index in [1.165, 1.54) is 12.7 Å². The Morgan fingerprint density at radius 1 is 1.38 bits per heavy atom. The van der Waals surface area contributed by atoms with Crippen molar-refractivity contribution in [2.75, 3.05) is 5.32 Å². The molecule has 0 bridgehead atoms. The molecule has 3 rings (SSSR count). The van der Waals surface area contributed by atoms with E-state index in [9.17, 15) is 4.79 Å². The molecule has 2 N–H and O–H groups in total. The van der Waals surface area contributed by atoms with Crippen molar-refractivity contribution in [2.24, 2.45) is 5.41 Å². The van der Waals surface area contributed by atoms with Crippen molar-refractivity contribution >= 4 is 22.7 Å². The third kappa shape index (κ3) is 2.82. The minimum Gasteiger partial charge on any atom is -0.478 e. The van der Waals surface area contributed by atoms with Gasteiger partial charge in [0.25, 0.3) is 0 Å². The van der Waals surface area contributed by atoms with Crippen molar-refractivity contribution in [3.8, 4) is 0 Å². The van der Waals surface area contributed by atoms with Crippen LogP contribution in [0.4, 0.5) is 5.82 Å². The molecule has 1 heterocycles. The number of rotatable bonds is 3. The molecular formula is C16H19N3O2. The van der Waals surface area contributed by atoms with Crippen LogP contribution < -0.4 is 5.32 Å². The van der Waals surface area contributed by atoms with Crippen molar-refractivity contribution in [3.63, 3.8) is 0 Å². The van der Waals surface area contributed by atoms with Crippen LogP contribution in [0.15, 0.2) is 24.5 Å². The lowest BCUT2D eigenvalue weighted by Crippen LogP contribution is -2.18. The van der Waals surface area contributed by atoms with E-state index in [1.807, 2.05) is 0 Å². The summed E-state index contributed by atoms with van der Waals surface area (Å²) in [5, 5.41) is 13.4. The molecule has 1 saturated carbocycles. The number of carboxylic acids is 1. The minimum atomic E-state index is -0.942. The maximum atomic E-state index is 11.0. The van der Waals surface area contributed by atoms with Crippen molar-refractivity contribution in [1.29, 1.82) is 0 Å². The molecule has 5 nitrogen and oxygen atoms in total. The molecule has 0 spiro atoms. The molecule has 5 heteroatoms. The second-order valence-electron chi connectivity index (χ2n) is 6.51. The zero-order valence-corrected chi connectivity index (χ0v) is 12.3. The van der Waals surface area contributed by atoms with Gasteiger partial charge in [-0.2, -0.15) is 0 Å². The van der Waals surface area contributed by atoms with E-state index in [-0.39, 0.29) is 5.56 Å². The Morgan fingerprint density at radius 2 is 2.19 bits per heavy atom. The highest BCUT2D eigenvalue weighted by Gasteiger charge is 2.31. The van der Waals surface area contributed by atoms with E-state index >= 15 is 0 Å². The molecule has 0 amide bonds. The Morgan fingerprint density at radius 3 is 2.86 bits per heavy atom. The molecule has 1 aliphatic carbocycles. The van der Waals surface area contributed by atoms with Gasteiger partial charge in [0.2, 0.25) is 0 Å². The van der Waals surface area contributed by atoms with Crippen LogP contribution in [-0.2, 0) is 0 Å². The molecule has 0 saturated heterocycles. The van der Waals surface area contributed by atoms with Crippen molar-refractivity contribution < 1.29 is 9.90 Å². The van der Waals surface area contributed by atoms with Crippen LogP contribution in [0.5, 0.6) is 0 Å². The largest absolute Gasteiger partial charge is 0.478 e. The zero-order valence-electron chi connectivity index (χ0n) is 12.3. The molecular weight excluding hydrogens is 266 g/mol. The maximum Gasteiger partial charge on any atom is 0.335 e. The summed E-state index contributed by atoms with van der Waals surface area (Å²) in [5.74, 6) is -0.151. The number of carboxylic acid groups (broad SMARTS) is 1. The van der Waals surface area contributed by atoms with E-state index in [0.717, 1.165) is 24.0 Å². The van der Waals surface area contributed by atoms with Crippen LogP contribution in [0.25, 0.3) is 10.9 Å². The topological polar surface area (TPSA) is 75.1 Å². The van der Waals surface area contributed by atoms with Crippen molar-refractivity contribution in [3.05, 3.63) is 30.1 Å². The van der Waals surface area contributed by atoms with Crippen LogP contribution >= 0.6 is 0 Å². The molecule has 1 fully saturated rings. The molecule has 0 aliphatic heterocycles. The molecule has 1 aromatic heterocycles. The summed E-state index contributed by atoms with van der Waals surface area (Å²) in [6.07, 6.45) is 4.94. The Kier molecular flexibility index (Phi) is 3.27. The molecule has 0 radical (unpaired) electrons. The van der Waals surface area contributed by atoms with Gasteiger partial charge in [-0.3, -0.25) is 0 Å². The Balaban J connectivity index is 1.91. The lowest BCUT2D eigenvalue weighted by molar-refractivity contribution is 0.0697. The number of nitrogens with one attached hydrogen (secondary N) is 1. The standard InChI is InChI=1S/C16H19N3O2/c1-16(2)6-5-11(8-16)19-14-12-4-3-10(15(20)21)7-13(12)17-9-18-14/h3-4,7,9,11H,5-6,8H2,1-2H3,(H,20,21)(H,17,18,19). The summed E-state index contributed by atoms with van der Waals surface area (Å²) in [4.78, 5) is 19.5. The van der Waals surface area contributed by atoms with Crippen molar-refractivity contribution in [2.45, 2.75) is 39.2 Å². The van der Waals surface area contributed by atoms with Crippen LogP contribution in [0, 0.1) is 5.41 Å². The molecule has 110 valence electrons. The highest BCUT2D eigenvalue weighted by molar-refractivity contribution is 5.96. The van der Waals surface area contributed by atoms with Crippen LogP contribution in [0.1, 0.15) is 43.5 Å². The molecule has 1 aromatic carbocycles. The van der Waals surface area contributed by atoms with Gasteiger partial charge >= 0.3 is 5.97 Å². The van der Waals surface area contributed by atoms with Gasteiger partial charge in [0, 0.05) is 11.4 Å². The third-order valence-electron chi connectivity index (χ3n) is 4.19. The number of nitrogens with zero attached hydrogens (tertiary/aromatic N) is 2. The van der Waals surface area contributed by atoms with Crippen molar-refractivity contribution in [1.82, 2.24) is 9.97 Å². The number of aromatic carboxylic acids is 1. The predicted molar refractivity (Wildman–Crippen MR) is 81.5 cm³/mol. The quantitative estimate of drug-likeness (QED) is 0.904. The number of fused-ring (bicyclic) bond motifs is 1. The van der Waals surface area contributed by atoms with E-state index in [2.05, 4.69) is 29.1 Å². The first-order chi connectivity index (χ1) is 9.94. The van der Waals surface area contributed by atoms with E-state index in [1.54, 1.807) is 18.2 Å². The lowest BCUT2D eigenvalue weighted by atomic mass is 9.92. The maximum absolute atomic E-state index is 11.0. The number of carbonyl (C=O) groups is 1. The second kappa shape index (κ2) is 4.98. The van der Waals surface area contributed by atoms with E-state index < -0.39 is 5.97 Å². The van der Waals surface area contributed by atoms with Gasteiger partial charge in [-0.15, -0.1) is 0 Å². The average Bonchev–Trinajstić information content (AvgIpc) is 2.77. The fourth-order valence-electron chi connectivity index (χ4n) is 3.06. The number of aromatic nitrogens is 2. The minimum absolute atomic E-state index is 0.245. The summed E-state index contributed by atoms with van der Waals surface area (Å²) in [5.41, 5.74) is 1.27. The smallest absolute Gasteiger partial charge is 0.335 e. The summed E-state index contributed by atoms with van der Waals surface area (Å²) in [6, 6.07) is 5.37. The Hall–Kier alpha value is -2.17. The van der Waals surface area contributed by atoms with Gasteiger partial charge in [0.1, 0.15) is 12.1 Å². The fourth-order valence-corrected chi connectivity index (χ4v) is 3.06. The summed E-state index contributed by atoms with van der Waals surface area (Å²) in [7, 11) is 0. The van der Waals surface area contributed by atoms with E-state index in [0.29, 0.717) is 17.0 Å². The van der Waals surface area contributed by atoms with Gasteiger partial charge in [-0.1, -0.05) is 13.8 Å². The van der Waals surface area contributed by atoms with Gasteiger partial charge in [-0.05, 0) is 42.9 Å². The highest BCUT2D eigenvalue weighted by atomic mass is 16.4. The monoisotopic (exact) mass is 285 g/mol. The molecule has 1 aliphatic rings. The third-order valence-corrected chi connectivity index (χ3v) is 4.19. The number of benzene rings is 1. The second-order valence-corrected chi connectivity index (χ2v) is 6.51. The summed E-state index contributed by atoms with van der Waals surface area (Å²) < 4.78 is 0. The van der Waals surface area contributed by atoms with Gasteiger partial charge in [0.15, 0.2) is 0 Å². The first-order valence-corrected chi connectivity index (χ1v) is 7.19. The van der Waals surface area contributed by atoms with Gasteiger partial charge in [-0.25, -0.2) is 14.8 Å². The SMILES string of the molecule is CC1(C)CCC(Nc2ncnc3cc(C(=O)O)ccc23)C1. The number of hydrogen-bond donors (Lipinski definition) is 2. The van der Waals surface area contributed by atoms with Crippen LogP contribution in [0.3, 0.4) is 0 Å². The normalized spacial score (nSPS) is 20.6. The molecule has 2 aromatic rings. The zero-order chi connectivity index (χ0) is 15.0. The summed E-state index contributed by atoms with van der Waals surface area (Å²) in [6.45, 7) is 4.57. The first-order valence-electron chi connectivity index (χ1n) is 7.19. The molecule has 1 atom stereocenters. The average molecular weight is 285 g/mol. The number of anilines is 1. The van der Waals surface area contributed by atoms with E-state index in [4.69, 9.17) is 5.11 Å². The predicted octanol–water partition coefficient (Wildman–Crippen LogP) is 3.32. The molecule has 1 unspecified atom stereocenters. The Labute approximate surface area is 123 Å². The number of hydrogen-bond acceptors (Lipinski definition) is 4. The first kappa shape index (κ1) is 13.8. The molecule has 21 heavy (non-hydrogen) atoms. The lowest BCUT2D eigenvalue weighted by Gasteiger charge is -2.18. The van der Waals surface area contributed by atoms with Gasteiger partial charge < -0.3 is 10.4 Å². The highest BCUT2D eigenvalue weighted by Crippen LogP contribution is 2.38.